The second kappa shape index (κ2) is 7.43. The first-order chi connectivity index (χ1) is 13.2. The van der Waals surface area contributed by atoms with E-state index in [1.165, 1.54) is 24.5 Å². The molecule has 0 spiro atoms. The van der Waals surface area contributed by atoms with Gasteiger partial charge in [0.1, 0.15) is 24.0 Å². The second-order valence-electron chi connectivity index (χ2n) is 6.43. The van der Waals surface area contributed by atoms with Gasteiger partial charge in [0.25, 0.3) is 0 Å². The van der Waals surface area contributed by atoms with E-state index in [1.54, 1.807) is 6.33 Å². The van der Waals surface area contributed by atoms with Gasteiger partial charge < -0.3 is 20.1 Å². The minimum absolute atomic E-state index is 0.283. The molecule has 4 rings (SSSR count). The molecule has 0 aliphatic carbocycles. The quantitative estimate of drug-likeness (QED) is 0.719. The highest BCUT2D eigenvalue weighted by Gasteiger charge is 2.20. The van der Waals surface area contributed by atoms with Crippen LogP contribution in [0.1, 0.15) is 12.1 Å². The predicted octanol–water partition coefficient (Wildman–Crippen LogP) is 2.08. The Morgan fingerprint density at radius 2 is 1.89 bits per heavy atom. The van der Waals surface area contributed by atoms with Crippen molar-refractivity contribution in [1.29, 1.82) is 5.26 Å². The van der Waals surface area contributed by atoms with Crippen molar-refractivity contribution in [1.82, 2.24) is 24.8 Å². The Kier molecular flexibility index (Phi) is 4.68. The highest BCUT2D eigenvalue weighted by molar-refractivity contribution is 5.54. The fourth-order valence-corrected chi connectivity index (χ4v) is 3.18. The molecule has 1 unspecified atom stereocenters. The van der Waals surface area contributed by atoms with E-state index in [0.717, 1.165) is 18.8 Å². The molecular formula is C19H20N8. The van der Waals surface area contributed by atoms with Gasteiger partial charge in [0.2, 0.25) is 0 Å². The third kappa shape index (κ3) is 3.73. The average molecular weight is 360 g/mol. The van der Waals surface area contributed by atoms with Gasteiger partial charge in [-0.25, -0.2) is 15.0 Å². The summed E-state index contributed by atoms with van der Waals surface area (Å²) >= 11 is 0. The van der Waals surface area contributed by atoms with Gasteiger partial charge in [0.05, 0.1) is 18.6 Å². The predicted molar refractivity (Wildman–Crippen MR) is 103 cm³/mol. The smallest absolute Gasteiger partial charge is 0.158 e. The van der Waals surface area contributed by atoms with Crippen LogP contribution in [0.3, 0.4) is 0 Å². The maximum absolute atomic E-state index is 8.77. The van der Waals surface area contributed by atoms with E-state index in [4.69, 9.17) is 5.26 Å². The number of benzene rings is 1. The zero-order valence-electron chi connectivity index (χ0n) is 15.0. The standard InChI is InChI=1S/C19H20N8/c1-21-14-6-7-26(11-14)16-2-4-17(5-3-16)27-12-19(24-13-27)25-18-10-22-15(8-20)9-23-18/h2-5,9-10,12-14,21H,6-7,11H2,1H3,(H,23,25). The molecule has 8 nitrogen and oxygen atoms in total. The molecule has 27 heavy (non-hydrogen) atoms. The van der Waals surface area contributed by atoms with Gasteiger partial charge in [0.15, 0.2) is 5.69 Å². The Labute approximate surface area is 157 Å². The molecule has 0 amide bonds. The largest absolute Gasteiger partial charge is 0.370 e. The summed E-state index contributed by atoms with van der Waals surface area (Å²) in [6, 6.07) is 11.0. The topological polar surface area (TPSA) is 94.7 Å². The zero-order valence-corrected chi connectivity index (χ0v) is 15.0. The zero-order chi connectivity index (χ0) is 18.6. The molecule has 1 fully saturated rings. The molecule has 8 heteroatoms. The lowest BCUT2D eigenvalue weighted by Crippen LogP contribution is -2.29. The fourth-order valence-electron chi connectivity index (χ4n) is 3.18. The summed E-state index contributed by atoms with van der Waals surface area (Å²) in [6.45, 7) is 2.12. The first-order valence-electron chi connectivity index (χ1n) is 8.81. The van der Waals surface area contributed by atoms with Crippen LogP contribution in [-0.4, -0.2) is 45.7 Å². The van der Waals surface area contributed by atoms with Crippen molar-refractivity contribution in [3.8, 4) is 11.8 Å². The van der Waals surface area contributed by atoms with Gasteiger partial charge >= 0.3 is 0 Å². The lowest BCUT2D eigenvalue weighted by Gasteiger charge is -2.19. The number of nitrogens with zero attached hydrogens (tertiary/aromatic N) is 6. The summed E-state index contributed by atoms with van der Waals surface area (Å²) in [7, 11) is 2.02. The van der Waals surface area contributed by atoms with E-state index in [9.17, 15) is 0 Å². The fraction of sp³-hybridized carbons (Fsp3) is 0.263. The van der Waals surface area contributed by atoms with E-state index < -0.39 is 0 Å². The number of anilines is 3. The van der Waals surface area contributed by atoms with Crippen LogP contribution >= 0.6 is 0 Å². The van der Waals surface area contributed by atoms with Crippen molar-refractivity contribution in [3.05, 3.63) is 54.9 Å². The van der Waals surface area contributed by atoms with Crippen LogP contribution in [0.5, 0.6) is 0 Å². The molecule has 0 saturated carbocycles. The molecule has 1 saturated heterocycles. The van der Waals surface area contributed by atoms with E-state index in [2.05, 4.69) is 54.8 Å². The van der Waals surface area contributed by atoms with E-state index in [0.29, 0.717) is 17.7 Å². The number of imidazole rings is 1. The molecule has 1 aromatic carbocycles. The minimum atomic E-state index is 0.283. The van der Waals surface area contributed by atoms with Crippen LogP contribution in [-0.2, 0) is 0 Å². The summed E-state index contributed by atoms with van der Waals surface area (Å²) < 4.78 is 1.95. The highest BCUT2D eigenvalue weighted by atomic mass is 15.2. The number of likely N-dealkylation sites (N-methyl/N-ethyl adjacent to an activating group) is 1. The van der Waals surface area contributed by atoms with Crippen LogP contribution in [0.25, 0.3) is 5.69 Å². The molecule has 0 radical (unpaired) electrons. The van der Waals surface area contributed by atoms with Crippen LogP contribution in [0.15, 0.2) is 49.2 Å². The molecule has 136 valence electrons. The Bertz CT molecular complexity index is 939. The van der Waals surface area contributed by atoms with E-state index in [-0.39, 0.29) is 5.69 Å². The highest BCUT2D eigenvalue weighted by Crippen LogP contribution is 2.22. The molecule has 0 bridgehead atoms. The molecule has 2 aromatic heterocycles. The third-order valence-corrected chi connectivity index (χ3v) is 4.71. The van der Waals surface area contributed by atoms with Crippen molar-refractivity contribution in [2.24, 2.45) is 0 Å². The summed E-state index contributed by atoms with van der Waals surface area (Å²) in [5.74, 6) is 1.21. The third-order valence-electron chi connectivity index (χ3n) is 4.71. The van der Waals surface area contributed by atoms with Gasteiger partial charge in [-0.05, 0) is 37.7 Å². The molecular weight excluding hydrogens is 340 g/mol. The monoisotopic (exact) mass is 360 g/mol. The van der Waals surface area contributed by atoms with Crippen molar-refractivity contribution >= 4 is 17.3 Å². The van der Waals surface area contributed by atoms with Crippen LogP contribution in [0, 0.1) is 11.3 Å². The van der Waals surface area contributed by atoms with Crippen molar-refractivity contribution < 1.29 is 0 Å². The summed E-state index contributed by atoms with van der Waals surface area (Å²) in [5.41, 5.74) is 2.56. The van der Waals surface area contributed by atoms with E-state index >= 15 is 0 Å². The number of hydrogen-bond acceptors (Lipinski definition) is 7. The van der Waals surface area contributed by atoms with Crippen molar-refractivity contribution in [3.63, 3.8) is 0 Å². The lowest BCUT2D eigenvalue weighted by molar-refractivity contribution is 0.617. The maximum atomic E-state index is 8.77. The number of rotatable bonds is 5. The van der Waals surface area contributed by atoms with Crippen molar-refractivity contribution in [2.75, 3.05) is 30.4 Å². The maximum Gasteiger partial charge on any atom is 0.158 e. The van der Waals surface area contributed by atoms with Gasteiger partial charge in [-0.15, -0.1) is 0 Å². The van der Waals surface area contributed by atoms with E-state index in [1.807, 2.05) is 23.9 Å². The summed E-state index contributed by atoms with van der Waals surface area (Å²) in [5, 5.41) is 15.2. The molecule has 1 aliphatic heterocycles. The Hall–Kier alpha value is -3.44. The van der Waals surface area contributed by atoms with Crippen LogP contribution < -0.4 is 15.5 Å². The number of nitrogens with one attached hydrogen (secondary N) is 2. The van der Waals surface area contributed by atoms with Crippen LogP contribution in [0.2, 0.25) is 0 Å². The molecule has 1 aliphatic rings. The first kappa shape index (κ1) is 17.0. The van der Waals surface area contributed by atoms with Gasteiger partial charge in [0, 0.05) is 30.5 Å². The molecule has 2 N–H and O–H groups in total. The normalized spacial score (nSPS) is 16.3. The minimum Gasteiger partial charge on any atom is -0.370 e. The first-order valence-corrected chi connectivity index (χ1v) is 8.81. The van der Waals surface area contributed by atoms with Crippen molar-refractivity contribution in [2.45, 2.75) is 12.5 Å². The number of aromatic nitrogens is 4. The second-order valence-corrected chi connectivity index (χ2v) is 6.43. The van der Waals surface area contributed by atoms with Gasteiger partial charge in [-0.2, -0.15) is 5.26 Å². The molecule has 3 aromatic rings. The Balaban J connectivity index is 1.44. The van der Waals surface area contributed by atoms with Gasteiger partial charge in [-0.3, -0.25) is 0 Å². The molecule has 3 heterocycles. The number of hydrogen-bond donors (Lipinski definition) is 2. The Morgan fingerprint density at radius 1 is 1.07 bits per heavy atom. The van der Waals surface area contributed by atoms with Crippen LogP contribution in [0.4, 0.5) is 17.3 Å². The Morgan fingerprint density at radius 3 is 2.56 bits per heavy atom. The summed E-state index contributed by atoms with van der Waals surface area (Å²) in [6.07, 6.45) is 7.76. The SMILES string of the molecule is CNC1CCN(c2ccc(-n3cnc(Nc4cnc(C#N)cn4)c3)cc2)C1. The van der Waals surface area contributed by atoms with Gasteiger partial charge in [-0.1, -0.05) is 0 Å². The lowest BCUT2D eigenvalue weighted by atomic mass is 10.2. The summed E-state index contributed by atoms with van der Waals surface area (Å²) in [4.78, 5) is 14.9. The average Bonchev–Trinajstić information content (AvgIpc) is 3.38. The molecule has 1 atom stereocenters. The number of nitriles is 1.